The summed E-state index contributed by atoms with van der Waals surface area (Å²) in [6.07, 6.45) is 2.70. The number of H-pyrrole nitrogens is 1. The van der Waals surface area contributed by atoms with Crippen molar-refractivity contribution < 1.29 is 19.8 Å². The summed E-state index contributed by atoms with van der Waals surface area (Å²) in [6.45, 7) is 2.30. The van der Waals surface area contributed by atoms with Crippen molar-refractivity contribution in [2.45, 2.75) is 19.0 Å². The van der Waals surface area contributed by atoms with E-state index < -0.39 is 11.6 Å². The van der Waals surface area contributed by atoms with Gasteiger partial charge in [-0.15, -0.1) is 0 Å². The molecule has 0 amide bonds. The molecule has 0 saturated carbocycles. The van der Waals surface area contributed by atoms with Gasteiger partial charge >= 0.3 is 0 Å². The smallest absolute Gasteiger partial charge is 0.198 e. The zero-order valence-corrected chi connectivity index (χ0v) is 15.0. The summed E-state index contributed by atoms with van der Waals surface area (Å²) in [7, 11) is 0. The Morgan fingerprint density at radius 3 is 2.36 bits per heavy atom. The lowest BCUT2D eigenvalue weighted by Crippen LogP contribution is -2.30. The molecule has 0 bridgehead atoms. The first kappa shape index (κ1) is 17.0. The van der Waals surface area contributed by atoms with Crippen molar-refractivity contribution >= 4 is 22.5 Å². The highest BCUT2D eigenvalue weighted by atomic mass is 16.3. The molecule has 1 atom stereocenters. The van der Waals surface area contributed by atoms with E-state index >= 15 is 0 Å². The lowest BCUT2D eigenvalue weighted by Gasteiger charge is -2.20. The normalized spacial score (nSPS) is 18.5. The van der Waals surface area contributed by atoms with Gasteiger partial charge in [0.1, 0.15) is 5.75 Å². The van der Waals surface area contributed by atoms with Crippen molar-refractivity contribution in [2.75, 3.05) is 13.1 Å². The van der Waals surface area contributed by atoms with E-state index in [9.17, 15) is 19.8 Å². The average molecular weight is 377 g/mol. The van der Waals surface area contributed by atoms with Crippen molar-refractivity contribution in [1.29, 1.82) is 0 Å². The van der Waals surface area contributed by atoms with E-state index in [0.717, 1.165) is 25.1 Å². The highest BCUT2D eigenvalue weighted by molar-refractivity contribution is 6.32. The van der Waals surface area contributed by atoms with Gasteiger partial charge in [-0.1, -0.05) is 24.3 Å². The average Bonchev–Trinajstić information content (AvgIpc) is 3.37. The zero-order valence-electron chi connectivity index (χ0n) is 15.0. The molecule has 2 aromatic carbocycles. The quantitative estimate of drug-likeness (QED) is 0.348. The molecule has 1 aliphatic carbocycles. The Kier molecular flexibility index (Phi) is 3.75. The number of phenols is 2. The van der Waals surface area contributed by atoms with E-state index in [1.807, 2.05) is 0 Å². The standard InChI is InChI=1S/C21H19N3O4/c25-18-12-3-1-2-4-13(12)19(26)16-15(18)20(27)14-10(8-24-17(14)21(16)28)7-23-11-5-6-22-9-11/h1-4,8,11,22-24,27-28H,5-7,9H2/t11-/m1/s1. The molecule has 1 aliphatic heterocycles. The van der Waals surface area contributed by atoms with Crippen molar-refractivity contribution in [1.82, 2.24) is 15.6 Å². The molecule has 0 spiro atoms. The largest absolute Gasteiger partial charge is 0.506 e. The van der Waals surface area contributed by atoms with Crippen LogP contribution in [0.25, 0.3) is 10.9 Å². The molecule has 0 radical (unpaired) electrons. The number of aromatic nitrogens is 1. The number of fused-ring (bicyclic) bond motifs is 3. The maximum Gasteiger partial charge on any atom is 0.198 e. The number of hydrogen-bond acceptors (Lipinski definition) is 6. The van der Waals surface area contributed by atoms with Crippen LogP contribution in [0.1, 0.15) is 43.8 Å². The molecule has 7 nitrogen and oxygen atoms in total. The maximum absolute atomic E-state index is 13.0. The third-order valence-electron chi connectivity index (χ3n) is 5.67. The number of aromatic amines is 1. The molecule has 1 fully saturated rings. The summed E-state index contributed by atoms with van der Waals surface area (Å²) >= 11 is 0. The Bertz CT molecular complexity index is 1140. The highest BCUT2D eigenvalue weighted by Gasteiger charge is 2.36. The van der Waals surface area contributed by atoms with Gasteiger partial charge in [0.05, 0.1) is 22.0 Å². The van der Waals surface area contributed by atoms with Crippen molar-refractivity contribution in [3.05, 3.63) is 58.3 Å². The molecule has 142 valence electrons. The van der Waals surface area contributed by atoms with Gasteiger partial charge in [0.15, 0.2) is 17.3 Å². The van der Waals surface area contributed by atoms with Crippen LogP contribution in [0.3, 0.4) is 0 Å². The lowest BCUT2D eigenvalue weighted by molar-refractivity contribution is 0.0974. The first-order chi connectivity index (χ1) is 13.6. The summed E-state index contributed by atoms with van der Waals surface area (Å²) in [4.78, 5) is 28.9. The van der Waals surface area contributed by atoms with Crippen LogP contribution in [0.5, 0.6) is 11.5 Å². The molecule has 3 aromatic rings. The minimum Gasteiger partial charge on any atom is -0.506 e. The van der Waals surface area contributed by atoms with E-state index in [0.29, 0.717) is 18.0 Å². The number of carbonyl (C=O) groups is 2. The number of carbonyl (C=O) groups excluding carboxylic acids is 2. The Labute approximate surface area is 160 Å². The number of ketones is 2. The number of benzene rings is 2. The van der Waals surface area contributed by atoms with Crippen molar-refractivity contribution in [3.63, 3.8) is 0 Å². The highest BCUT2D eigenvalue weighted by Crippen LogP contribution is 2.45. The molecular formula is C21H19N3O4. The van der Waals surface area contributed by atoms with Gasteiger partial charge in [0.2, 0.25) is 0 Å². The van der Waals surface area contributed by atoms with E-state index in [4.69, 9.17) is 0 Å². The molecule has 5 rings (SSSR count). The van der Waals surface area contributed by atoms with E-state index in [2.05, 4.69) is 15.6 Å². The number of hydrogen-bond donors (Lipinski definition) is 5. The Morgan fingerprint density at radius 2 is 1.71 bits per heavy atom. The van der Waals surface area contributed by atoms with E-state index in [-0.39, 0.29) is 39.3 Å². The van der Waals surface area contributed by atoms with Gasteiger partial charge in [-0.3, -0.25) is 9.59 Å². The zero-order chi connectivity index (χ0) is 19.4. The Balaban J connectivity index is 1.66. The van der Waals surface area contributed by atoms with Crippen molar-refractivity contribution in [3.8, 4) is 11.5 Å². The molecule has 2 heterocycles. The monoisotopic (exact) mass is 377 g/mol. The first-order valence-corrected chi connectivity index (χ1v) is 9.28. The molecule has 0 unspecified atom stereocenters. The van der Waals surface area contributed by atoms with Crippen LogP contribution in [0.4, 0.5) is 0 Å². The number of rotatable bonds is 3. The fourth-order valence-electron chi connectivity index (χ4n) is 4.22. The van der Waals surface area contributed by atoms with Crippen LogP contribution in [0.2, 0.25) is 0 Å². The molecule has 28 heavy (non-hydrogen) atoms. The SMILES string of the molecule is O=C1c2ccccc2C(=O)c2c1c(O)c1[nH]cc(CN[C@@H]3CCNC3)c1c2O. The topological polar surface area (TPSA) is 114 Å². The molecule has 1 aromatic heterocycles. The number of nitrogens with one attached hydrogen (secondary N) is 3. The predicted molar refractivity (Wildman–Crippen MR) is 103 cm³/mol. The van der Waals surface area contributed by atoms with Crippen molar-refractivity contribution in [2.24, 2.45) is 0 Å². The van der Waals surface area contributed by atoms with Gasteiger partial charge in [-0.05, 0) is 18.5 Å². The summed E-state index contributed by atoms with van der Waals surface area (Å²) in [5.41, 5.74) is 1.19. The number of phenolic OH excluding ortho intramolecular Hbond substituents is 2. The fourth-order valence-corrected chi connectivity index (χ4v) is 4.22. The minimum absolute atomic E-state index is 0.128. The summed E-state index contributed by atoms with van der Waals surface area (Å²) in [5, 5.41) is 28.8. The Hall–Kier alpha value is -3.16. The van der Waals surface area contributed by atoms with Gasteiger partial charge in [0.25, 0.3) is 0 Å². The summed E-state index contributed by atoms with van der Waals surface area (Å²) in [5.74, 6) is -1.49. The maximum atomic E-state index is 13.0. The molecule has 1 saturated heterocycles. The van der Waals surface area contributed by atoms with Crippen LogP contribution in [0.15, 0.2) is 30.5 Å². The second-order valence-corrected chi connectivity index (χ2v) is 7.29. The third-order valence-corrected chi connectivity index (χ3v) is 5.67. The molecular weight excluding hydrogens is 358 g/mol. The van der Waals surface area contributed by atoms with Crippen LogP contribution in [-0.2, 0) is 6.54 Å². The first-order valence-electron chi connectivity index (χ1n) is 9.28. The van der Waals surface area contributed by atoms with Crippen LogP contribution >= 0.6 is 0 Å². The second kappa shape index (κ2) is 6.19. The fraction of sp³-hybridized carbons (Fsp3) is 0.238. The Morgan fingerprint density at radius 1 is 1.04 bits per heavy atom. The molecule has 5 N–H and O–H groups in total. The molecule has 7 heteroatoms. The lowest BCUT2D eigenvalue weighted by atomic mass is 9.82. The van der Waals surface area contributed by atoms with Gasteiger partial charge in [-0.25, -0.2) is 0 Å². The van der Waals surface area contributed by atoms with E-state index in [1.165, 1.54) is 0 Å². The number of aromatic hydroxyl groups is 2. The predicted octanol–water partition coefficient (Wildman–Crippen LogP) is 1.81. The van der Waals surface area contributed by atoms with E-state index in [1.54, 1.807) is 30.5 Å². The van der Waals surface area contributed by atoms with Crippen LogP contribution in [-0.4, -0.2) is 45.9 Å². The summed E-state index contributed by atoms with van der Waals surface area (Å²) in [6, 6.07) is 6.78. The third kappa shape index (κ3) is 2.30. The summed E-state index contributed by atoms with van der Waals surface area (Å²) < 4.78 is 0. The minimum atomic E-state index is -0.466. The van der Waals surface area contributed by atoms with Gasteiger partial charge < -0.3 is 25.8 Å². The second-order valence-electron chi connectivity index (χ2n) is 7.29. The van der Waals surface area contributed by atoms with Gasteiger partial charge in [0, 0.05) is 36.5 Å². The van der Waals surface area contributed by atoms with Crippen LogP contribution in [0, 0.1) is 0 Å². The molecule has 2 aliphatic rings. The van der Waals surface area contributed by atoms with Gasteiger partial charge in [-0.2, -0.15) is 0 Å². The van der Waals surface area contributed by atoms with Crippen LogP contribution < -0.4 is 10.6 Å².